The van der Waals surface area contributed by atoms with Gasteiger partial charge in [-0.25, -0.2) is 4.79 Å². The average Bonchev–Trinajstić information content (AvgIpc) is 2.47. The molecule has 1 heterocycles. The van der Waals surface area contributed by atoms with Gasteiger partial charge in [-0.05, 0) is 13.8 Å². The van der Waals surface area contributed by atoms with E-state index in [9.17, 15) is 9.59 Å². The quantitative estimate of drug-likeness (QED) is 0.475. The van der Waals surface area contributed by atoms with Crippen LogP contribution in [0.25, 0.3) is 0 Å². The number of esters is 1. The van der Waals surface area contributed by atoms with E-state index in [0.717, 1.165) is 0 Å². The Morgan fingerprint density at radius 3 is 2.70 bits per heavy atom. The summed E-state index contributed by atoms with van der Waals surface area (Å²) in [5, 5.41) is 3.08. The van der Waals surface area contributed by atoms with Crippen LogP contribution in [0.1, 0.15) is 13.8 Å². The molecule has 1 N–H and O–H groups in total. The van der Waals surface area contributed by atoms with Crippen LogP contribution >= 0.6 is 0 Å². The highest BCUT2D eigenvalue weighted by Crippen LogP contribution is 2.00. The molecule has 116 valence electrons. The molecule has 1 aliphatic rings. The number of rotatable bonds is 8. The molecule has 1 fully saturated rings. The maximum absolute atomic E-state index is 12.0. The smallest absolute Gasteiger partial charge is 0.332 e. The van der Waals surface area contributed by atoms with Crippen LogP contribution in [-0.4, -0.2) is 75.5 Å². The van der Waals surface area contributed by atoms with Crippen LogP contribution in [0, 0.1) is 0 Å². The number of morpholine rings is 1. The van der Waals surface area contributed by atoms with Gasteiger partial charge in [-0.2, -0.15) is 0 Å². The third-order valence-electron chi connectivity index (χ3n) is 2.92. The van der Waals surface area contributed by atoms with Crippen molar-refractivity contribution in [2.75, 3.05) is 52.7 Å². The van der Waals surface area contributed by atoms with E-state index < -0.39 is 0 Å². The van der Waals surface area contributed by atoms with E-state index in [-0.39, 0.29) is 24.5 Å². The fourth-order valence-electron chi connectivity index (χ4n) is 1.85. The minimum Gasteiger partial charge on any atom is -0.464 e. The van der Waals surface area contributed by atoms with Crippen molar-refractivity contribution in [2.24, 2.45) is 0 Å². The number of ether oxygens (including phenoxy) is 3. The Kier molecular flexibility index (Phi) is 8.17. The van der Waals surface area contributed by atoms with Crippen molar-refractivity contribution < 1.29 is 23.8 Å². The summed E-state index contributed by atoms with van der Waals surface area (Å²) < 4.78 is 15.1. The van der Waals surface area contributed by atoms with Crippen LogP contribution in [0.3, 0.4) is 0 Å². The number of amides is 1. The van der Waals surface area contributed by atoms with Crippen LogP contribution in [0.5, 0.6) is 0 Å². The van der Waals surface area contributed by atoms with Crippen molar-refractivity contribution in [1.29, 1.82) is 0 Å². The maximum Gasteiger partial charge on any atom is 0.332 e. The number of nitrogens with zero attached hydrogens (tertiary/aromatic N) is 1. The molecule has 20 heavy (non-hydrogen) atoms. The third kappa shape index (κ3) is 6.31. The fraction of sp³-hybridized carbons (Fsp3) is 0.846. The summed E-state index contributed by atoms with van der Waals surface area (Å²) in [5.74, 6) is -0.302. The molecule has 1 unspecified atom stereocenters. The second-order valence-corrected chi connectivity index (χ2v) is 4.47. The lowest BCUT2D eigenvalue weighted by atomic mass is 10.2. The molecule has 0 bridgehead atoms. The Morgan fingerprint density at radius 2 is 2.05 bits per heavy atom. The molecule has 1 amide bonds. The largest absolute Gasteiger partial charge is 0.464 e. The highest BCUT2D eigenvalue weighted by molar-refractivity contribution is 5.81. The van der Waals surface area contributed by atoms with Crippen molar-refractivity contribution >= 4 is 11.9 Å². The number of nitrogens with one attached hydrogen (secondary N) is 1. The maximum atomic E-state index is 12.0. The van der Waals surface area contributed by atoms with E-state index in [1.807, 2.05) is 6.92 Å². The molecule has 1 rings (SSSR count). The zero-order valence-corrected chi connectivity index (χ0v) is 12.2. The summed E-state index contributed by atoms with van der Waals surface area (Å²) in [6.07, 6.45) is 0. The molecule has 0 saturated carbocycles. The Balaban J connectivity index is 2.08. The summed E-state index contributed by atoms with van der Waals surface area (Å²) >= 11 is 0. The molecule has 0 aromatic rings. The Morgan fingerprint density at radius 1 is 1.35 bits per heavy atom. The fourth-order valence-corrected chi connectivity index (χ4v) is 1.85. The zero-order valence-electron chi connectivity index (χ0n) is 12.2. The van der Waals surface area contributed by atoms with Crippen molar-refractivity contribution in [2.45, 2.75) is 19.9 Å². The lowest BCUT2D eigenvalue weighted by Gasteiger charge is -2.29. The molecule has 0 spiro atoms. The van der Waals surface area contributed by atoms with E-state index >= 15 is 0 Å². The number of carbonyl (C=O) groups is 2. The van der Waals surface area contributed by atoms with E-state index in [4.69, 9.17) is 14.2 Å². The highest BCUT2D eigenvalue weighted by Gasteiger charge is 2.21. The SMILES string of the molecule is CCOC(=O)COCCNC(C)C(=O)N1CCOCC1. The summed E-state index contributed by atoms with van der Waals surface area (Å²) in [4.78, 5) is 24.9. The van der Waals surface area contributed by atoms with Gasteiger partial charge in [0.1, 0.15) is 6.61 Å². The van der Waals surface area contributed by atoms with Gasteiger partial charge in [-0.1, -0.05) is 0 Å². The van der Waals surface area contributed by atoms with E-state index in [0.29, 0.717) is 46.1 Å². The van der Waals surface area contributed by atoms with Gasteiger partial charge in [0.25, 0.3) is 0 Å². The number of hydrogen-bond acceptors (Lipinski definition) is 6. The Labute approximate surface area is 119 Å². The van der Waals surface area contributed by atoms with Gasteiger partial charge in [0.2, 0.25) is 5.91 Å². The van der Waals surface area contributed by atoms with Crippen molar-refractivity contribution in [1.82, 2.24) is 10.2 Å². The lowest BCUT2D eigenvalue weighted by molar-refractivity contribution is -0.148. The molecule has 0 aromatic heterocycles. The molecular weight excluding hydrogens is 264 g/mol. The predicted molar refractivity (Wildman–Crippen MR) is 72.3 cm³/mol. The third-order valence-corrected chi connectivity index (χ3v) is 2.92. The van der Waals surface area contributed by atoms with Crippen LogP contribution in [0.2, 0.25) is 0 Å². The summed E-state index contributed by atoms with van der Waals surface area (Å²) in [6.45, 7) is 7.22. The predicted octanol–water partition coefficient (Wildman–Crippen LogP) is -0.597. The number of carbonyl (C=O) groups excluding carboxylic acids is 2. The van der Waals surface area contributed by atoms with Gasteiger partial charge in [-0.15, -0.1) is 0 Å². The molecule has 0 aliphatic carbocycles. The first-order chi connectivity index (χ1) is 9.65. The zero-order chi connectivity index (χ0) is 14.8. The minimum atomic E-state index is -0.370. The van der Waals surface area contributed by atoms with Gasteiger partial charge < -0.3 is 24.4 Å². The topological polar surface area (TPSA) is 77.1 Å². The second-order valence-electron chi connectivity index (χ2n) is 4.47. The Bertz CT molecular complexity index is 305. The Hall–Kier alpha value is -1.18. The van der Waals surface area contributed by atoms with Crippen molar-refractivity contribution in [3.05, 3.63) is 0 Å². The van der Waals surface area contributed by atoms with Gasteiger partial charge in [0.15, 0.2) is 0 Å². The van der Waals surface area contributed by atoms with E-state index in [1.165, 1.54) is 0 Å². The summed E-state index contributed by atoms with van der Waals surface area (Å²) in [5.41, 5.74) is 0. The van der Waals surface area contributed by atoms with Crippen LogP contribution in [-0.2, 0) is 23.8 Å². The van der Waals surface area contributed by atoms with Gasteiger partial charge in [0, 0.05) is 19.6 Å². The molecule has 1 aliphatic heterocycles. The molecule has 1 atom stereocenters. The molecule has 7 heteroatoms. The lowest BCUT2D eigenvalue weighted by Crippen LogP contribution is -2.49. The molecule has 7 nitrogen and oxygen atoms in total. The van der Waals surface area contributed by atoms with Crippen molar-refractivity contribution in [3.63, 3.8) is 0 Å². The monoisotopic (exact) mass is 288 g/mol. The summed E-state index contributed by atoms with van der Waals surface area (Å²) in [6, 6.07) is -0.265. The molecule has 0 radical (unpaired) electrons. The van der Waals surface area contributed by atoms with Crippen molar-refractivity contribution in [3.8, 4) is 0 Å². The average molecular weight is 288 g/mol. The summed E-state index contributed by atoms with van der Waals surface area (Å²) in [7, 11) is 0. The first-order valence-electron chi connectivity index (χ1n) is 6.98. The van der Waals surface area contributed by atoms with E-state index in [2.05, 4.69) is 5.32 Å². The molecule has 0 aromatic carbocycles. The minimum absolute atomic E-state index is 0.0543. The van der Waals surface area contributed by atoms with Crippen LogP contribution in [0.15, 0.2) is 0 Å². The van der Waals surface area contributed by atoms with Crippen LogP contribution < -0.4 is 5.32 Å². The molecular formula is C13H24N2O5. The normalized spacial score (nSPS) is 16.8. The number of hydrogen-bond donors (Lipinski definition) is 1. The highest BCUT2D eigenvalue weighted by atomic mass is 16.6. The van der Waals surface area contributed by atoms with Gasteiger partial charge in [-0.3, -0.25) is 4.79 Å². The van der Waals surface area contributed by atoms with Gasteiger partial charge >= 0.3 is 5.97 Å². The van der Waals surface area contributed by atoms with Crippen LogP contribution in [0.4, 0.5) is 0 Å². The van der Waals surface area contributed by atoms with Gasteiger partial charge in [0.05, 0.1) is 32.5 Å². The second kappa shape index (κ2) is 9.68. The molecule has 1 saturated heterocycles. The van der Waals surface area contributed by atoms with E-state index in [1.54, 1.807) is 11.8 Å². The first-order valence-corrected chi connectivity index (χ1v) is 6.98. The standard InChI is InChI=1S/C13H24N2O5/c1-3-20-12(16)10-19-7-4-14-11(2)13(17)15-5-8-18-9-6-15/h11,14H,3-10H2,1-2H3. The first kappa shape index (κ1) is 16.9.